The van der Waals surface area contributed by atoms with E-state index in [1.807, 2.05) is 18.2 Å². The van der Waals surface area contributed by atoms with Gasteiger partial charge in [0.1, 0.15) is 5.41 Å². The molecule has 0 bridgehead atoms. The van der Waals surface area contributed by atoms with Crippen LogP contribution in [0.1, 0.15) is 31.9 Å². The van der Waals surface area contributed by atoms with E-state index >= 15 is 0 Å². The number of rotatable bonds is 3. The van der Waals surface area contributed by atoms with Crippen LogP contribution in [0.25, 0.3) is 0 Å². The molecule has 5 heteroatoms. The fourth-order valence-corrected chi connectivity index (χ4v) is 2.77. The highest BCUT2D eigenvalue weighted by molar-refractivity contribution is 6.04. The molecule has 2 atom stereocenters. The molecule has 0 aliphatic carbocycles. The van der Waals surface area contributed by atoms with E-state index in [1.54, 1.807) is 6.92 Å². The van der Waals surface area contributed by atoms with Gasteiger partial charge in [-0.05, 0) is 19.4 Å². The monoisotopic (exact) mass is 311 g/mol. The summed E-state index contributed by atoms with van der Waals surface area (Å²) in [5, 5.41) is 0. The van der Waals surface area contributed by atoms with Gasteiger partial charge in [-0.1, -0.05) is 30.3 Å². The molecule has 0 amide bonds. The second kappa shape index (κ2) is 7.05. The van der Waals surface area contributed by atoms with E-state index in [1.165, 1.54) is 12.7 Å². The molecule has 1 aromatic rings. The molecule has 0 spiro atoms. The molecule has 1 aromatic carbocycles. The molecule has 4 nitrogen and oxygen atoms in total. The first kappa shape index (κ1) is 17.7. The van der Waals surface area contributed by atoms with Gasteiger partial charge in [0.25, 0.3) is 0 Å². The number of carbonyl (C=O) groups excluding carboxylic acids is 2. The van der Waals surface area contributed by atoms with Crippen molar-refractivity contribution in [2.45, 2.75) is 26.3 Å². The first-order valence-corrected chi connectivity index (χ1v) is 6.90. The first-order valence-electron chi connectivity index (χ1n) is 6.90. The molecular weight excluding hydrogens is 290 g/mol. The zero-order valence-corrected chi connectivity index (χ0v) is 13.5. The Labute approximate surface area is 131 Å². The summed E-state index contributed by atoms with van der Waals surface area (Å²) >= 11 is 0. The average molecular weight is 312 g/mol. The summed E-state index contributed by atoms with van der Waals surface area (Å²) in [5.74, 6) is -0.465. The third-order valence-corrected chi connectivity index (χ3v) is 4.23. The van der Waals surface area contributed by atoms with E-state index in [9.17, 15) is 9.59 Å². The lowest BCUT2D eigenvalue weighted by molar-refractivity contribution is -0.161. The molecule has 116 valence electrons. The Morgan fingerprint density at radius 2 is 1.95 bits per heavy atom. The van der Waals surface area contributed by atoms with Gasteiger partial charge in [0.15, 0.2) is 5.78 Å². The average Bonchev–Trinajstić information content (AvgIpc) is 2.49. The Hall–Kier alpha value is -1.39. The van der Waals surface area contributed by atoms with Crippen molar-refractivity contribution in [3.05, 3.63) is 35.9 Å². The lowest BCUT2D eigenvalue weighted by Gasteiger charge is -2.40. The fraction of sp³-hybridized carbons (Fsp3) is 0.500. The lowest BCUT2D eigenvalue weighted by Crippen LogP contribution is -2.52. The third kappa shape index (κ3) is 3.44. The minimum absolute atomic E-state index is 0. The van der Waals surface area contributed by atoms with Crippen LogP contribution in [0.4, 0.5) is 0 Å². The SMILES string of the molecule is COC(=O)C1(C)CN(C(C)c2ccccc2)CCC1=O.Cl. The predicted octanol–water partition coefficient (Wildman–Crippen LogP) is 2.62. The van der Waals surface area contributed by atoms with Gasteiger partial charge in [-0.15, -0.1) is 12.4 Å². The van der Waals surface area contributed by atoms with Crippen molar-refractivity contribution in [1.82, 2.24) is 4.90 Å². The van der Waals surface area contributed by atoms with Crippen LogP contribution in [-0.2, 0) is 14.3 Å². The summed E-state index contributed by atoms with van der Waals surface area (Å²) in [6, 6.07) is 10.3. The van der Waals surface area contributed by atoms with Gasteiger partial charge >= 0.3 is 5.97 Å². The molecule has 21 heavy (non-hydrogen) atoms. The van der Waals surface area contributed by atoms with E-state index in [4.69, 9.17) is 4.74 Å². The molecule has 1 aliphatic heterocycles. The smallest absolute Gasteiger partial charge is 0.320 e. The topological polar surface area (TPSA) is 46.6 Å². The summed E-state index contributed by atoms with van der Waals surface area (Å²) in [6.45, 7) is 4.88. The Bertz CT molecular complexity index is 496. The molecule has 2 unspecified atom stereocenters. The van der Waals surface area contributed by atoms with Crippen molar-refractivity contribution < 1.29 is 14.3 Å². The van der Waals surface area contributed by atoms with Crippen LogP contribution in [0.5, 0.6) is 0 Å². The van der Waals surface area contributed by atoms with Gasteiger partial charge in [-0.25, -0.2) is 0 Å². The fourth-order valence-electron chi connectivity index (χ4n) is 2.77. The number of esters is 1. The number of piperidine rings is 1. The number of hydrogen-bond donors (Lipinski definition) is 0. The van der Waals surface area contributed by atoms with Gasteiger partial charge in [0.05, 0.1) is 7.11 Å². The molecule has 0 aromatic heterocycles. The number of halogens is 1. The number of carbonyl (C=O) groups is 2. The summed E-state index contributed by atoms with van der Waals surface area (Å²) in [4.78, 5) is 26.2. The van der Waals surface area contributed by atoms with Crippen LogP contribution in [0.15, 0.2) is 30.3 Å². The second-order valence-corrected chi connectivity index (χ2v) is 5.55. The standard InChI is InChI=1S/C16H21NO3.ClH/c1-12(13-7-5-4-6-8-13)17-10-9-14(18)16(2,11-17)15(19)20-3;/h4-8,12H,9-11H2,1-3H3;1H. The molecule has 0 radical (unpaired) electrons. The van der Waals surface area contributed by atoms with Gasteiger partial charge in [-0.2, -0.15) is 0 Å². The summed E-state index contributed by atoms with van der Waals surface area (Å²) in [7, 11) is 1.33. The molecule has 1 aliphatic rings. The Morgan fingerprint density at radius 3 is 2.52 bits per heavy atom. The zero-order chi connectivity index (χ0) is 14.8. The molecule has 1 heterocycles. The molecule has 2 rings (SSSR count). The predicted molar refractivity (Wildman–Crippen MR) is 83.4 cm³/mol. The summed E-state index contributed by atoms with van der Waals surface area (Å²) < 4.78 is 4.81. The van der Waals surface area contributed by atoms with Crippen molar-refractivity contribution in [2.24, 2.45) is 5.41 Å². The molecule has 0 saturated carbocycles. The van der Waals surface area contributed by atoms with E-state index in [0.717, 1.165) is 0 Å². The number of ketones is 1. The third-order valence-electron chi connectivity index (χ3n) is 4.23. The maximum Gasteiger partial charge on any atom is 0.320 e. The van der Waals surface area contributed by atoms with Crippen molar-refractivity contribution in [3.8, 4) is 0 Å². The Balaban J connectivity index is 0.00000220. The van der Waals surface area contributed by atoms with E-state index in [-0.39, 0.29) is 24.2 Å². The minimum atomic E-state index is -1.05. The van der Waals surface area contributed by atoms with Crippen LogP contribution < -0.4 is 0 Å². The minimum Gasteiger partial charge on any atom is -0.468 e. The number of likely N-dealkylation sites (tertiary alicyclic amines) is 1. The molecule has 0 N–H and O–H groups in total. The molecule has 1 fully saturated rings. The maximum absolute atomic E-state index is 12.1. The van der Waals surface area contributed by atoms with E-state index < -0.39 is 11.4 Å². The number of nitrogens with zero attached hydrogens (tertiary/aromatic N) is 1. The number of ether oxygens (including phenoxy) is 1. The number of benzene rings is 1. The van der Waals surface area contributed by atoms with Crippen LogP contribution >= 0.6 is 12.4 Å². The van der Waals surface area contributed by atoms with E-state index in [0.29, 0.717) is 19.5 Å². The number of methoxy groups -OCH3 is 1. The quantitative estimate of drug-likeness (QED) is 0.636. The molecule has 1 saturated heterocycles. The van der Waals surface area contributed by atoms with Crippen molar-refractivity contribution in [2.75, 3.05) is 20.2 Å². The van der Waals surface area contributed by atoms with Crippen LogP contribution in [0.3, 0.4) is 0 Å². The normalized spacial score (nSPS) is 24.0. The van der Waals surface area contributed by atoms with Gasteiger partial charge in [-0.3, -0.25) is 14.5 Å². The first-order chi connectivity index (χ1) is 9.49. The maximum atomic E-state index is 12.1. The number of hydrogen-bond acceptors (Lipinski definition) is 4. The van der Waals surface area contributed by atoms with Gasteiger partial charge < -0.3 is 4.74 Å². The largest absolute Gasteiger partial charge is 0.468 e. The van der Waals surface area contributed by atoms with Crippen LogP contribution in [0.2, 0.25) is 0 Å². The molecular formula is C16H22ClNO3. The van der Waals surface area contributed by atoms with Crippen molar-refractivity contribution in [1.29, 1.82) is 0 Å². The number of Topliss-reactive ketones (excluding diaryl/α,β-unsaturated/α-hetero) is 1. The summed E-state index contributed by atoms with van der Waals surface area (Å²) in [6.07, 6.45) is 0.392. The van der Waals surface area contributed by atoms with Gasteiger partial charge in [0, 0.05) is 25.6 Å². The van der Waals surface area contributed by atoms with Gasteiger partial charge in [0.2, 0.25) is 0 Å². The second-order valence-electron chi connectivity index (χ2n) is 5.55. The summed E-state index contributed by atoms with van der Waals surface area (Å²) in [5.41, 5.74) is 0.143. The highest BCUT2D eigenvalue weighted by Gasteiger charge is 2.46. The lowest BCUT2D eigenvalue weighted by atomic mass is 9.80. The van der Waals surface area contributed by atoms with E-state index in [2.05, 4.69) is 24.0 Å². The zero-order valence-electron chi connectivity index (χ0n) is 12.7. The Kier molecular flexibility index (Phi) is 5.93. The van der Waals surface area contributed by atoms with Crippen LogP contribution in [0, 0.1) is 5.41 Å². The van der Waals surface area contributed by atoms with Crippen molar-refractivity contribution >= 4 is 24.2 Å². The van der Waals surface area contributed by atoms with Crippen LogP contribution in [-0.4, -0.2) is 36.9 Å². The highest BCUT2D eigenvalue weighted by atomic mass is 35.5. The van der Waals surface area contributed by atoms with Crippen molar-refractivity contribution in [3.63, 3.8) is 0 Å². The highest BCUT2D eigenvalue weighted by Crippen LogP contribution is 2.32. The Morgan fingerprint density at radius 1 is 1.33 bits per heavy atom.